The van der Waals surface area contributed by atoms with Crippen molar-refractivity contribution in [2.24, 2.45) is 0 Å². The molecule has 0 aliphatic rings. The molecule has 82 valence electrons. The van der Waals surface area contributed by atoms with Crippen molar-refractivity contribution >= 4 is 11.7 Å². The average molecular weight is 220 g/mol. The monoisotopic (exact) mass is 220 g/mol. The number of amides is 1. The zero-order chi connectivity index (χ0) is 11.5. The Balaban J connectivity index is 2.70. The molecule has 1 heterocycles. The van der Waals surface area contributed by atoms with E-state index in [1.807, 2.05) is 0 Å². The molecule has 0 unspecified atom stereocenters. The molecule has 0 radical (unpaired) electrons. The van der Waals surface area contributed by atoms with Crippen LogP contribution in [0.4, 0.5) is 19.0 Å². The molecule has 1 aromatic rings. The van der Waals surface area contributed by atoms with Crippen LogP contribution in [0.5, 0.6) is 0 Å². The van der Waals surface area contributed by atoms with Gasteiger partial charge in [0.05, 0.1) is 6.61 Å². The first kappa shape index (κ1) is 11.4. The summed E-state index contributed by atoms with van der Waals surface area (Å²) in [5, 5.41) is 10.2. The minimum absolute atomic E-state index is 0.213. The van der Waals surface area contributed by atoms with Crippen LogP contribution in [0, 0.1) is 0 Å². The fourth-order valence-electron chi connectivity index (χ4n) is 0.779. The Morgan fingerprint density at radius 1 is 1.47 bits per heavy atom. The molecule has 0 saturated carbocycles. The lowest BCUT2D eigenvalue weighted by molar-refractivity contribution is -0.167. The number of carbonyl (C=O) groups is 1. The normalized spacial score (nSPS) is 11.2. The van der Waals surface area contributed by atoms with Gasteiger partial charge >= 0.3 is 12.1 Å². The molecule has 0 atom stereocenters. The molecule has 4 nitrogen and oxygen atoms in total. The number of aliphatic hydroxyl groups is 1. The Hall–Kier alpha value is -1.63. The summed E-state index contributed by atoms with van der Waals surface area (Å²) in [6.07, 6.45) is -3.76. The van der Waals surface area contributed by atoms with E-state index in [2.05, 4.69) is 4.98 Å². The summed E-state index contributed by atoms with van der Waals surface area (Å²) in [7, 11) is 0. The number of aliphatic hydroxyl groups excluding tert-OH is 1. The highest BCUT2D eigenvalue weighted by molar-refractivity contribution is 5.94. The fourth-order valence-corrected chi connectivity index (χ4v) is 0.779. The van der Waals surface area contributed by atoms with Crippen LogP contribution in [0.2, 0.25) is 0 Å². The Morgan fingerprint density at radius 3 is 2.53 bits per heavy atom. The van der Waals surface area contributed by atoms with Crippen molar-refractivity contribution < 1.29 is 23.1 Å². The molecule has 0 saturated heterocycles. The second-order valence-electron chi connectivity index (χ2n) is 2.66. The van der Waals surface area contributed by atoms with Crippen molar-refractivity contribution in [3.63, 3.8) is 0 Å². The van der Waals surface area contributed by atoms with E-state index in [1.165, 1.54) is 18.3 Å². The lowest BCUT2D eigenvalue weighted by atomic mass is 10.3. The maximum atomic E-state index is 11.8. The number of hydrogen-bond acceptors (Lipinski definition) is 3. The maximum Gasteiger partial charge on any atom is 0.471 e. The van der Waals surface area contributed by atoms with Crippen molar-refractivity contribution in [1.82, 2.24) is 4.98 Å². The van der Waals surface area contributed by atoms with Crippen LogP contribution >= 0.6 is 0 Å². The number of nitrogens with zero attached hydrogens (tertiary/aromatic N) is 1. The molecule has 15 heavy (non-hydrogen) atoms. The van der Waals surface area contributed by atoms with Crippen molar-refractivity contribution in [1.29, 1.82) is 0 Å². The molecular weight excluding hydrogens is 213 g/mol. The number of hydrogen-bond donors (Lipinski definition) is 2. The number of rotatable bonds is 2. The van der Waals surface area contributed by atoms with Crippen LogP contribution < -0.4 is 5.32 Å². The van der Waals surface area contributed by atoms with E-state index in [0.717, 1.165) is 0 Å². The lowest BCUT2D eigenvalue weighted by Gasteiger charge is -2.06. The van der Waals surface area contributed by atoms with E-state index in [-0.39, 0.29) is 12.4 Å². The molecule has 0 aliphatic carbocycles. The van der Waals surface area contributed by atoms with E-state index >= 15 is 0 Å². The Kier molecular flexibility index (Phi) is 3.25. The van der Waals surface area contributed by atoms with Crippen molar-refractivity contribution in [3.05, 3.63) is 23.9 Å². The van der Waals surface area contributed by atoms with E-state index in [0.29, 0.717) is 5.56 Å². The summed E-state index contributed by atoms with van der Waals surface area (Å²) < 4.78 is 35.4. The van der Waals surface area contributed by atoms with Gasteiger partial charge in [-0.2, -0.15) is 13.2 Å². The summed E-state index contributed by atoms with van der Waals surface area (Å²) in [4.78, 5) is 14.0. The number of alkyl halides is 3. The van der Waals surface area contributed by atoms with Crippen LogP contribution in [-0.2, 0) is 11.4 Å². The zero-order valence-electron chi connectivity index (χ0n) is 7.38. The van der Waals surface area contributed by atoms with Crippen molar-refractivity contribution in [2.45, 2.75) is 12.8 Å². The van der Waals surface area contributed by atoms with Crippen LogP contribution in [0.3, 0.4) is 0 Å². The fraction of sp³-hybridized carbons (Fsp3) is 0.250. The van der Waals surface area contributed by atoms with Gasteiger partial charge in [0.2, 0.25) is 0 Å². The molecule has 0 aromatic carbocycles. The third-order valence-corrected chi connectivity index (χ3v) is 1.51. The highest BCUT2D eigenvalue weighted by Crippen LogP contribution is 2.17. The third kappa shape index (κ3) is 3.21. The van der Waals surface area contributed by atoms with Gasteiger partial charge in [-0.15, -0.1) is 0 Å². The second-order valence-corrected chi connectivity index (χ2v) is 2.66. The topological polar surface area (TPSA) is 62.2 Å². The molecule has 0 fully saturated rings. The predicted molar refractivity (Wildman–Crippen MR) is 44.8 cm³/mol. The van der Waals surface area contributed by atoms with Gasteiger partial charge in [-0.1, -0.05) is 6.07 Å². The largest absolute Gasteiger partial charge is 0.471 e. The molecule has 0 bridgehead atoms. The van der Waals surface area contributed by atoms with Gasteiger partial charge in [0.1, 0.15) is 5.82 Å². The number of carbonyl (C=O) groups excluding carboxylic acids is 1. The summed E-state index contributed by atoms with van der Waals surface area (Å²) in [5.74, 6) is -2.29. The molecule has 2 N–H and O–H groups in total. The Labute approximate surface area is 82.7 Å². The van der Waals surface area contributed by atoms with Gasteiger partial charge in [-0.25, -0.2) is 4.98 Å². The van der Waals surface area contributed by atoms with Gasteiger partial charge in [0.15, 0.2) is 0 Å². The zero-order valence-corrected chi connectivity index (χ0v) is 7.38. The SMILES string of the molecule is O=C(Nc1ccc(CO)cn1)C(F)(F)F. The number of nitrogens with one attached hydrogen (secondary N) is 1. The summed E-state index contributed by atoms with van der Waals surface area (Å²) in [6, 6.07) is 2.54. The molecule has 1 amide bonds. The number of halogens is 3. The van der Waals surface area contributed by atoms with Gasteiger partial charge in [0.25, 0.3) is 0 Å². The summed E-state index contributed by atoms with van der Waals surface area (Å²) in [6.45, 7) is -0.263. The maximum absolute atomic E-state index is 11.8. The van der Waals surface area contributed by atoms with E-state index < -0.39 is 12.1 Å². The molecule has 1 rings (SSSR count). The first-order valence-electron chi connectivity index (χ1n) is 3.87. The minimum Gasteiger partial charge on any atom is -0.392 e. The first-order chi connectivity index (χ1) is 6.93. The molecule has 1 aromatic heterocycles. The third-order valence-electron chi connectivity index (χ3n) is 1.51. The van der Waals surface area contributed by atoms with Crippen LogP contribution in [0.25, 0.3) is 0 Å². The van der Waals surface area contributed by atoms with Gasteiger partial charge in [0, 0.05) is 6.20 Å². The number of anilines is 1. The molecular formula is C8H7F3N2O2. The van der Waals surface area contributed by atoms with E-state index in [1.54, 1.807) is 5.32 Å². The van der Waals surface area contributed by atoms with Gasteiger partial charge in [-0.05, 0) is 11.6 Å². The highest BCUT2D eigenvalue weighted by Gasteiger charge is 2.38. The Morgan fingerprint density at radius 2 is 2.13 bits per heavy atom. The van der Waals surface area contributed by atoms with Crippen LogP contribution in [0.1, 0.15) is 5.56 Å². The number of aromatic nitrogens is 1. The van der Waals surface area contributed by atoms with Gasteiger partial charge in [-0.3, -0.25) is 4.79 Å². The smallest absolute Gasteiger partial charge is 0.392 e. The highest BCUT2D eigenvalue weighted by atomic mass is 19.4. The minimum atomic E-state index is -4.93. The standard InChI is InChI=1S/C8H7F3N2O2/c9-8(10,11)7(15)13-6-2-1-5(4-14)3-12-6/h1-3,14H,4H2,(H,12,13,15). The second kappa shape index (κ2) is 4.26. The summed E-state index contributed by atoms with van der Waals surface area (Å²) >= 11 is 0. The van der Waals surface area contributed by atoms with Crippen LogP contribution in [0.15, 0.2) is 18.3 Å². The lowest BCUT2D eigenvalue weighted by Crippen LogP contribution is -2.30. The molecule has 0 aliphatic heterocycles. The van der Waals surface area contributed by atoms with E-state index in [4.69, 9.17) is 5.11 Å². The Bertz CT molecular complexity index is 348. The average Bonchev–Trinajstić information content (AvgIpc) is 2.17. The van der Waals surface area contributed by atoms with Crippen molar-refractivity contribution in [3.8, 4) is 0 Å². The predicted octanol–water partition coefficient (Wildman–Crippen LogP) is 1.07. The van der Waals surface area contributed by atoms with Crippen molar-refractivity contribution in [2.75, 3.05) is 5.32 Å². The number of pyridine rings is 1. The molecule has 0 spiro atoms. The molecule has 7 heteroatoms. The summed E-state index contributed by atoms with van der Waals surface area (Å²) in [5.41, 5.74) is 0.444. The van der Waals surface area contributed by atoms with Crippen LogP contribution in [-0.4, -0.2) is 22.2 Å². The van der Waals surface area contributed by atoms with E-state index in [9.17, 15) is 18.0 Å². The first-order valence-corrected chi connectivity index (χ1v) is 3.87. The quantitative estimate of drug-likeness (QED) is 0.783. The van der Waals surface area contributed by atoms with Gasteiger partial charge < -0.3 is 10.4 Å².